The highest BCUT2D eigenvalue weighted by Crippen LogP contribution is 2.33. The van der Waals surface area contributed by atoms with Crippen LogP contribution in [0, 0.1) is 0 Å². The van der Waals surface area contributed by atoms with Gasteiger partial charge in [-0.25, -0.2) is 0 Å². The molecule has 2 aliphatic rings. The fourth-order valence-corrected chi connectivity index (χ4v) is 3.89. The minimum atomic E-state index is -4.27. The number of nitrogens with one attached hydrogen (secondary N) is 2. The van der Waals surface area contributed by atoms with E-state index in [1.165, 1.54) is 32.1 Å². The SMILES string of the molecule is CN=C(NCCCOCC(F)(F)F)NCC1(N2CCOCC2)CCCCC1. The minimum Gasteiger partial charge on any atom is -0.379 e. The molecule has 0 aromatic carbocycles. The van der Waals surface area contributed by atoms with Gasteiger partial charge in [0.25, 0.3) is 0 Å². The van der Waals surface area contributed by atoms with Crippen molar-refractivity contribution < 1.29 is 22.6 Å². The van der Waals surface area contributed by atoms with Gasteiger partial charge in [-0.1, -0.05) is 19.3 Å². The van der Waals surface area contributed by atoms with E-state index in [-0.39, 0.29) is 12.1 Å². The van der Waals surface area contributed by atoms with E-state index in [0.29, 0.717) is 18.9 Å². The number of ether oxygens (including phenoxy) is 2. The Morgan fingerprint density at radius 1 is 1.15 bits per heavy atom. The van der Waals surface area contributed by atoms with Gasteiger partial charge in [0.05, 0.1) is 13.2 Å². The topological polar surface area (TPSA) is 58.1 Å². The highest BCUT2D eigenvalue weighted by Gasteiger charge is 2.38. The van der Waals surface area contributed by atoms with Crippen LogP contribution >= 0.6 is 0 Å². The summed E-state index contributed by atoms with van der Waals surface area (Å²) < 4.78 is 46.2. The fraction of sp³-hybridized carbons (Fsp3) is 0.944. The van der Waals surface area contributed by atoms with E-state index < -0.39 is 12.8 Å². The Bertz CT molecular complexity index is 448. The molecular weight excluding hydrogens is 361 g/mol. The number of nitrogens with zero attached hydrogens (tertiary/aromatic N) is 2. The molecule has 0 aromatic rings. The third-order valence-corrected chi connectivity index (χ3v) is 5.30. The van der Waals surface area contributed by atoms with Crippen molar-refractivity contribution in [1.29, 1.82) is 0 Å². The highest BCUT2D eigenvalue weighted by molar-refractivity contribution is 5.79. The molecule has 6 nitrogen and oxygen atoms in total. The first kappa shape index (κ1) is 22.2. The van der Waals surface area contributed by atoms with Gasteiger partial charge in [0.1, 0.15) is 6.61 Å². The molecule has 0 bridgehead atoms. The zero-order valence-electron chi connectivity index (χ0n) is 16.2. The van der Waals surface area contributed by atoms with Crippen LogP contribution in [0.3, 0.4) is 0 Å². The number of halogens is 3. The smallest absolute Gasteiger partial charge is 0.379 e. The summed E-state index contributed by atoms with van der Waals surface area (Å²) in [7, 11) is 1.71. The van der Waals surface area contributed by atoms with Crippen molar-refractivity contribution in [3.8, 4) is 0 Å². The van der Waals surface area contributed by atoms with Crippen LogP contribution in [0.1, 0.15) is 38.5 Å². The van der Waals surface area contributed by atoms with Crippen LogP contribution in [-0.2, 0) is 9.47 Å². The van der Waals surface area contributed by atoms with Crippen molar-refractivity contribution in [2.45, 2.75) is 50.2 Å². The molecule has 2 N–H and O–H groups in total. The molecule has 1 aliphatic heterocycles. The van der Waals surface area contributed by atoms with Crippen molar-refractivity contribution in [2.24, 2.45) is 4.99 Å². The van der Waals surface area contributed by atoms with Gasteiger partial charge in [0.2, 0.25) is 0 Å². The maximum absolute atomic E-state index is 12.0. The van der Waals surface area contributed by atoms with Crippen molar-refractivity contribution in [2.75, 3.05) is 59.7 Å². The van der Waals surface area contributed by atoms with Crippen LogP contribution in [0.4, 0.5) is 13.2 Å². The highest BCUT2D eigenvalue weighted by atomic mass is 19.4. The van der Waals surface area contributed by atoms with Gasteiger partial charge in [0, 0.05) is 45.4 Å². The van der Waals surface area contributed by atoms with Crippen molar-refractivity contribution >= 4 is 5.96 Å². The zero-order chi connectivity index (χ0) is 19.6. The standard InChI is InChI=1S/C18H33F3N4O2/c1-22-16(23-8-5-11-27-15-18(19,20)21)24-14-17(6-3-2-4-7-17)25-9-12-26-13-10-25/h2-15H2,1H3,(H2,22,23,24). The largest absolute Gasteiger partial charge is 0.411 e. The molecule has 1 saturated carbocycles. The number of hydrogen-bond donors (Lipinski definition) is 2. The van der Waals surface area contributed by atoms with Crippen LogP contribution in [0.25, 0.3) is 0 Å². The number of hydrogen-bond acceptors (Lipinski definition) is 4. The van der Waals surface area contributed by atoms with E-state index in [4.69, 9.17) is 4.74 Å². The first-order chi connectivity index (χ1) is 13.0. The molecule has 158 valence electrons. The molecule has 1 saturated heterocycles. The molecule has 0 aromatic heterocycles. The molecule has 0 atom stereocenters. The minimum absolute atomic E-state index is 0.0707. The van der Waals surface area contributed by atoms with Gasteiger partial charge in [-0.05, 0) is 19.3 Å². The number of morpholine rings is 1. The summed E-state index contributed by atoms with van der Waals surface area (Å²) in [6.07, 6.45) is 2.33. The maximum atomic E-state index is 12.0. The molecule has 0 amide bonds. The van der Waals surface area contributed by atoms with Gasteiger partial charge in [-0.3, -0.25) is 9.89 Å². The molecule has 9 heteroatoms. The molecular formula is C18H33F3N4O2. The monoisotopic (exact) mass is 394 g/mol. The van der Waals surface area contributed by atoms with Crippen molar-refractivity contribution in [3.63, 3.8) is 0 Å². The third kappa shape index (κ3) is 7.83. The number of aliphatic imine (C=N–C) groups is 1. The second-order valence-corrected chi connectivity index (χ2v) is 7.26. The zero-order valence-corrected chi connectivity index (χ0v) is 16.2. The third-order valence-electron chi connectivity index (χ3n) is 5.30. The lowest BCUT2D eigenvalue weighted by Gasteiger charge is -2.48. The number of alkyl halides is 3. The Morgan fingerprint density at radius 3 is 2.48 bits per heavy atom. The van der Waals surface area contributed by atoms with Crippen LogP contribution in [0.15, 0.2) is 4.99 Å². The average Bonchev–Trinajstić information content (AvgIpc) is 2.67. The van der Waals surface area contributed by atoms with E-state index in [1.54, 1.807) is 7.05 Å². The van der Waals surface area contributed by atoms with Crippen molar-refractivity contribution in [3.05, 3.63) is 0 Å². The lowest BCUT2D eigenvalue weighted by Crippen LogP contribution is -2.60. The van der Waals surface area contributed by atoms with E-state index in [9.17, 15) is 13.2 Å². The molecule has 0 unspecified atom stereocenters. The number of guanidine groups is 1. The Kier molecular flexibility index (Phi) is 9.11. The summed E-state index contributed by atoms with van der Waals surface area (Å²) in [5.41, 5.74) is 0.134. The van der Waals surface area contributed by atoms with Crippen LogP contribution in [0.2, 0.25) is 0 Å². The predicted octanol–water partition coefficient (Wildman–Crippen LogP) is 2.16. The lowest BCUT2D eigenvalue weighted by molar-refractivity contribution is -0.173. The van der Waals surface area contributed by atoms with Gasteiger partial charge < -0.3 is 20.1 Å². The quantitative estimate of drug-likeness (QED) is 0.375. The predicted molar refractivity (Wildman–Crippen MR) is 99.1 cm³/mol. The van der Waals surface area contributed by atoms with Crippen LogP contribution in [-0.4, -0.2) is 82.2 Å². The van der Waals surface area contributed by atoms with Crippen LogP contribution in [0.5, 0.6) is 0 Å². The van der Waals surface area contributed by atoms with E-state index >= 15 is 0 Å². The summed E-state index contributed by atoms with van der Waals surface area (Å²) >= 11 is 0. The summed E-state index contributed by atoms with van der Waals surface area (Å²) in [5.74, 6) is 0.684. The summed E-state index contributed by atoms with van der Waals surface area (Å²) in [6, 6.07) is 0. The Balaban J connectivity index is 1.73. The molecule has 0 radical (unpaired) electrons. The van der Waals surface area contributed by atoms with Gasteiger partial charge in [-0.2, -0.15) is 13.2 Å². The van der Waals surface area contributed by atoms with Gasteiger partial charge >= 0.3 is 6.18 Å². The fourth-order valence-electron chi connectivity index (χ4n) is 3.89. The second-order valence-electron chi connectivity index (χ2n) is 7.26. The summed E-state index contributed by atoms with van der Waals surface area (Å²) in [5, 5.41) is 6.59. The molecule has 2 rings (SSSR count). The van der Waals surface area contributed by atoms with Crippen LogP contribution < -0.4 is 10.6 Å². The Hall–Kier alpha value is -1.06. The Labute approximate surface area is 159 Å². The average molecular weight is 394 g/mol. The summed E-state index contributed by atoms with van der Waals surface area (Å²) in [4.78, 5) is 6.79. The van der Waals surface area contributed by atoms with E-state index in [1.807, 2.05) is 0 Å². The molecule has 0 spiro atoms. The molecule has 1 heterocycles. The van der Waals surface area contributed by atoms with E-state index in [0.717, 1.165) is 32.8 Å². The first-order valence-electron chi connectivity index (χ1n) is 9.87. The molecule has 27 heavy (non-hydrogen) atoms. The van der Waals surface area contributed by atoms with Gasteiger partial charge in [0.15, 0.2) is 5.96 Å². The second kappa shape index (κ2) is 11.1. The Morgan fingerprint density at radius 2 is 1.85 bits per heavy atom. The normalized spacial score (nSPS) is 21.9. The molecule has 1 aliphatic carbocycles. The maximum Gasteiger partial charge on any atom is 0.411 e. The first-order valence-corrected chi connectivity index (χ1v) is 9.87. The van der Waals surface area contributed by atoms with E-state index in [2.05, 4.69) is 25.3 Å². The lowest BCUT2D eigenvalue weighted by atomic mass is 9.80. The molecule has 2 fully saturated rings. The number of rotatable bonds is 8. The summed E-state index contributed by atoms with van der Waals surface area (Å²) in [6.45, 7) is 3.70. The van der Waals surface area contributed by atoms with Crippen molar-refractivity contribution in [1.82, 2.24) is 15.5 Å². The van der Waals surface area contributed by atoms with Gasteiger partial charge in [-0.15, -0.1) is 0 Å².